The Balaban J connectivity index is 2.23. The monoisotopic (exact) mass is 339 g/mol. The molecular weight excluding hydrogens is 326 g/mol. The maximum absolute atomic E-state index is 10.8. The summed E-state index contributed by atoms with van der Waals surface area (Å²) in [6.07, 6.45) is 4.75. The SMILES string of the molecule is O=C=NC1(c2c(O)c(Br)cc3c2OCCCO3)CCC1. The van der Waals surface area contributed by atoms with Crippen LogP contribution in [0.25, 0.3) is 0 Å². The van der Waals surface area contributed by atoms with Gasteiger partial charge in [0.05, 0.1) is 23.2 Å². The standard InChI is InChI=1S/C14H14BrNO4/c15-9-7-10-13(20-6-2-5-19-10)11(12(9)18)14(16-8-17)3-1-4-14/h7,18H,1-6H2. The zero-order valence-corrected chi connectivity index (χ0v) is 12.4. The molecule has 0 saturated heterocycles. The molecule has 1 fully saturated rings. The molecular formula is C14H14BrNO4. The molecule has 1 aliphatic heterocycles. The first-order chi connectivity index (χ1) is 9.68. The number of hydrogen-bond donors (Lipinski definition) is 1. The van der Waals surface area contributed by atoms with Crippen molar-refractivity contribution < 1.29 is 19.4 Å². The molecule has 6 heteroatoms. The molecule has 0 aromatic heterocycles. The number of benzene rings is 1. The molecule has 3 rings (SSSR count). The van der Waals surface area contributed by atoms with Crippen LogP contribution in [0.4, 0.5) is 0 Å². The highest BCUT2D eigenvalue weighted by Gasteiger charge is 2.45. The summed E-state index contributed by atoms with van der Waals surface area (Å²) in [6, 6.07) is 1.69. The first-order valence-corrected chi connectivity index (χ1v) is 7.38. The predicted octanol–water partition coefficient (Wildman–Crippen LogP) is 3.03. The van der Waals surface area contributed by atoms with E-state index in [9.17, 15) is 9.90 Å². The van der Waals surface area contributed by atoms with Crippen LogP contribution in [0.1, 0.15) is 31.2 Å². The fourth-order valence-electron chi connectivity index (χ4n) is 2.71. The molecule has 0 bridgehead atoms. The number of rotatable bonds is 2. The Bertz CT molecular complexity index is 591. The third-order valence-electron chi connectivity index (χ3n) is 3.87. The molecule has 1 heterocycles. The number of halogens is 1. The largest absolute Gasteiger partial charge is 0.506 e. The molecule has 0 unspecified atom stereocenters. The van der Waals surface area contributed by atoms with Gasteiger partial charge >= 0.3 is 0 Å². The number of nitrogens with zero attached hydrogens (tertiary/aromatic N) is 1. The molecule has 1 N–H and O–H groups in total. The van der Waals surface area contributed by atoms with Crippen molar-refractivity contribution in [1.29, 1.82) is 0 Å². The number of carbonyl (C=O) groups excluding carboxylic acids is 1. The van der Waals surface area contributed by atoms with Crippen LogP contribution >= 0.6 is 15.9 Å². The lowest BCUT2D eigenvalue weighted by Crippen LogP contribution is -2.32. The normalized spacial score (nSPS) is 19.4. The lowest BCUT2D eigenvalue weighted by atomic mass is 9.71. The van der Waals surface area contributed by atoms with Crippen LogP contribution in [-0.4, -0.2) is 24.4 Å². The molecule has 1 saturated carbocycles. The Morgan fingerprint density at radius 2 is 2.05 bits per heavy atom. The zero-order valence-electron chi connectivity index (χ0n) is 10.8. The summed E-state index contributed by atoms with van der Waals surface area (Å²) in [5, 5.41) is 10.4. The van der Waals surface area contributed by atoms with Crippen molar-refractivity contribution in [3.05, 3.63) is 16.1 Å². The van der Waals surface area contributed by atoms with Crippen molar-refractivity contribution in [2.24, 2.45) is 4.99 Å². The third-order valence-corrected chi connectivity index (χ3v) is 4.47. The molecule has 1 aromatic rings. The Kier molecular flexibility index (Phi) is 3.44. The van der Waals surface area contributed by atoms with Crippen molar-refractivity contribution >= 4 is 22.0 Å². The van der Waals surface area contributed by atoms with Crippen molar-refractivity contribution in [1.82, 2.24) is 0 Å². The molecule has 20 heavy (non-hydrogen) atoms. The molecule has 5 nitrogen and oxygen atoms in total. The van der Waals surface area contributed by atoms with Crippen LogP contribution in [0.15, 0.2) is 15.5 Å². The maximum atomic E-state index is 10.8. The number of isocyanates is 1. The summed E-state index contributed by atoms with van der Waals surface area (Å²) in [5.74, 6) is 1.14. The molecule has 0 radical (unpaired) electrons. The van der Waals surface area contributed by atoms with Crippen molar-refractivity contribution in [3.63, 3.8) is 0 Å². The number of phenolic OH excluding ortho intramolecular Hbond substituents is 1. The van der Waals surface area contributed by atoms with Gasteiger partial charge in [-0.25, -0.2) is 4.79 Å². The Morgan fingerprint density at radius 3 is 2.70 bits per heavy atom. The van der Waals surface area contributed by atoms with E-state index in [1.807, 2.05) is 0 Å². The van der Waals surface area contributed by atoms with Gasteiger partial charge in [-0.2, -0.15) is 4.99 Å². The van der Waals surface area contributed by atoms with Gasteiger partial charge < -0.3 is 14.6 Å². The van der Waals surface area contributed by atoms with Gasteiger partial charge in [-0.15, -0.1) is 0 Å². The predicted molar refractivity (Wildman–Crippen MR) is 75.1 cm³/mol. The maximum Gasteiger partial charge on any atom is 0.235 e. The van der Waals surface area contributed by atoms with Gasteiger partial charge in [-0.1, -0.05) is 0 Å². The second kappa shape index (κ2) is 5.11. The van der Waals surface area contributed by atoms with Crippen LogP contribution in [-0.2, 0) is 10.3 Å². The molecule has 0 amide bonds. The van der Waals surface area contributed by atoms with E-state index in [1.54, 1.807) is 12.1 Å². The average Bonchev–Trinajstić information content (AvgIpc) is 2.61. The highest BCUT2D eigenvalue weighted by molar-refractivity contribution is 9.10. The Hall–Kier alpha value is -1.52. The number of ether oxygens (including phenoxy) is 2. The first-order valence-electron chi connectivity index (χ1n) is 6.58. The number of hydrogen-bond acceptors (Lipinski definition) is 5. The number of aromatic hydroxyl groups is 1. The minimum Gasteiger partial charge on any atom is -0.506 e. The number of aliphatic imine (C=N–C) groups is 1. The number of phenols is 1. The minimum absolute atomic E-state index is 0.0629. The van der Waals surface area contributed by atoms with Gasteiger partial charge in [0.15, 0.2) is 11.5 Å². The lowest BCUT2D eigenvalue weighted by molar-refractivity contribution is 0.230. The lowest BCUT2D eigenvalue weighted by Gasteiger charge is -2.38. The third kappa shape index (κ3) is 2.00. The van der Waals surface area contributed by atoms with Gasteiger partial charge in [-0.05, 0) is 35.2 Å². The highest BCUT2D eigenvalue weighted by Crippen LogP contribution is 2.56. The van der Waals surface area contributed by atoms with E-state index < -0.39 is 5.54 Å². The molecule has 1 aliphatic carbocycles. The van der Waals surface area contributed by atoms with Gasteiger partial charge in [0.2, 0.25) is 6.08 Å². The molecule has 0 atom stereocenters. The summed E-state index contributed by atoms with van der Waals surface area (Å²) >= 11 is 3.32. The van der Waals surface area contributed by atoms with Crippen molar-refractivity contribution in [2.75, 3.05) is 13.2 Å². The highest BCUT2D eigenvalue weighted by atomic mass is 79.9. The van der Waals surface area contributed by atoms with Gasteiger partial charge in [0.1, 0.15) is 11.3 Å². The fourth-order valence-corrected chi connectivity index (χ4v) is 3.12. The smallest absolute Gasteiger partial charge is 0.235 e. The summed E-state index contributed by atoms with van der Waals surface area (Å²) in [5.41, 5.74) is -0.189. The van der Waals surface area contributed by atoms with E-state index in [0.717, 1.165) is 12.8 Å². The van der Waals surface area contributed by atoms with E-state index in [2.05, 4.69) is 20.9 Å². The van der Waals surface area contributed by atoms with Gasteiger partial charge in [0.25, 0.3) is 0 Å². The van der Waals surface area contributed by atoms with E-state index in [-0.39, 0.29) is 5.75 Å². The van der Waals surface area contributed by atoms with Crippen LogP contribution in [0.5, 0.6) is 17.2 Å². The molecule has 106 valence electrons. The summed E-state index contributed by atoms with van der Waals surface area (Å²) in [6.45, 7) is 1.08. The van der Waals surface area contributed by atoms with Crippen molar-refractivity contribution in [2.45, 2.75) is 31.2 Å². The summed E-state index contributed by atoms with van der Waals surface area (Å²) in [4.78, 5) is 14.7. The van der Waals surface area contributed by atoms with E-state index >= 15 is 0 Å². The quantitative estimate of drug-likeness (QED) is 0.664. The van der Waals surface area contributed by atoms with Crippen LogP contribution in [0, 0.1) is 0 Å². The topological polar surface area (TPSA) is 68.1 Å². The van der Waals surface area contributed by atoms with Crippen LogP contribution in [0.3, 0.4) is 0 Å². The average molecular weight is 340 g/mol. The van der Waals surface area contributed by atoms with E-state index in [4.69, 9.17) is 9.47 Å². The van der Waals surface area contributed by atoms with E-state index in [1.165, 1.54) is 0 Å². The Morgan fingerprint density at radius 1 is 1.30 bits per heavy atom. The Labute approximate surface area is 124 Å². The second-order valence-electron chi connectivity index (χ2n) is 5.05. The number of fused-ring (bicyclic) bond motifs is 1. The first kappa shape index (κ1) is 13.5. The molecule has 1 aromatic carbocycles. The zero-order chi connectivity index (χ0) is 14.2. The molecule has 0 spiro atoms. The van der Waals surface area contributed by atoms with Crippen LogP contribution in [0.2, 0.25) is 0 Å². The van der Waals surface area contributed by atoms with Crippen LogP contribution < -0.4 is 9.47 Å². The molecule has 2 aliphatic rings. The minimum atomic E-state index is -0.729. The summed E-state index contributed by atoms with van der Waals surface area (Å²) in [7, 11) is 0. The second-order valence-corrected chi connectivity index (χ2v) is 5.90. The van der Waals surface area contributed by atoms with E-state index in [0.29, 0.717) is 47.6 Å². The van der Waals surface area contributed by atoms with Gasteiger partial charge in [-0.3, -0.25) is 0 Å². The van der Waals surface area contributed by atoms with Gasteiger partial charge in [0, 0.05) is 12.5 Å². The van der Waals surface area contributed by atoms with Crippen molar-refractivity contribution in [3.8, 4) is 17.2 Å². The fraction of sp³-hybridized carbons (Fsp3) is 0.500. The summed E-state index contributed by atoms with van der Waals surface area (Å²) < 4.78 is 11.9.